The lowest BCUT2D eigenvalue weighted by molar-refractivity contribution is -0.119. The zero-order chi connectivity index (χ0) is 13.5. The van der Waals surface area contributed by atoms with Gasteiger partial charge in [-0.25, -0.2) is 4.98 Å². The fourth-order valence-electron chi connectivity index (χ4n) is 1.77. The Balaban J connectivity index is 1.98. The van der Waals surface area contributed by atoms with Gasteiger partial charge in [-0.1, -0.05) is 11.8 Å². The highest BCUT2D eigenvalue weighted by molar-refractivity contribution is 5.92. The average Bonchev–Trinajstić information content (AvgIpc) is 2.93. The summed E-state index contributed by atoms with van der Waals surface area (Å²) in [6.07, 6.45) is 2.79. The summed E-state index contributed by atoms with van der Waals surface area (Å²) >= 11 is 0. The van der Waals surface area contributed by atoms with E-state index >= 15 is 0 Å². The molecule has 1 fully saturated rings. The minimum absolute atomic E-state index is 0.0450. The SMILES string of the molecule is O=C(Nc1cc(C#CCCO)ccn1)C1CCOC1. The lowest BCUT2D eigenvalue weighted by Gasteiger charge is -2.08. The number of hydrogen-bond donors (Lipinski definition) is 2. The maximum Gasteiger partial charge on any atom is 0.231 e. The number of amides is 1. The monoisotopic (exact) mass is 260 g/mol. The molecule has 1 aliphatic heterocycles. The van der Waals surface area contributed by atoms with E-state index in [2.05, 4.69) is 22.1 Å². The fourth-order valence-corrected chi connectivity index (χ4v) is 1.77. The molecule has 1 aromatic heterocycles. The van der Waals surface area contributed by atoms with Crippen LogP contribution in [0.3, 0.4) is 0 Å². The number of nitrogens with one attached hydrogen (secondary N) is 1. The van der Waals surface area contributed by atoms with Crippen LogP contribution in [0.1, 0.15) is 18.4 Å². The molecule has 2 rings (SSSR count). The zero-order valence-electron chi connectivity index (χ0n) is 10.6. The maximum atomic E-state index is 11.9. The molecule has 1 aliphatic rings. The molecule has 1 amide bonds. The van der Waals surface area contributed by atoms with E-state index in [1.807, 2.05) is 0 Å². The second kappa shape index (κ2) is 6.88. The van der Waals surface area contributed by atoms with Crippen molar-refractivity contribution in [2.45, 2.75) is 12.8 Å². The Morgan fingerprint density at radius 3 is 3.26 bits per heavy atom. The van der Waals surface area contributed by atoms with Crippen molar-refractivity contribution in [2.75, 3.05) is 25.1 Å². The smallest absolute Gasteiger partial charge is 0.231 e. The minimum atomic E-state index is -0.0917. The molecule has 1 saturated heterocycles. The predicted octanol–water partition coefficient (Wildman–Crippen LogP) is 0.790. The lowest BCUT2D eigenvalue weighted by atomic mass is 10.1. The zero-order valence-corrected chi connectivity index (χ0v) is 10.6. The Hall–Kier alpha value is -1.90. The molecule has 0 spiro atoms. The molecular weight excluding hydrogens is 244 g/mol. The number of ether oxygens (including phenoxy) is 1. The van der Waals surface area contributed by atoms with Crippen LogP contribution in [-0.4, -0.2) is 35.8 Å². The number of rotatable bonds is 3. The molecule has 1 aromatic rings. The van der Waals surface area contributed by atoms with E-state index in [4.69, 9.17) is 9.84 Å². The second-order valence-electron chi connectivity index (χ2n) is 4.25. The van der Waals surface area contributed by atoms with Gasteiger partial charge >= 0.3 is 0 Å². The first-order chi connectivity index (χ1) is 9.29. The van der Waals surface area contributed by atoms with Crippen LogP contribution >= 0.6 is 0 Å². The molecule has 0 aliphatic carbocycles. The normalized spacial score (nSPS) is 17.6. The molecule has 0 bridgehead atoms. The first-order valence-electron chi connectivity index (χ1n) is 6.24. The molecule has 0 aromatic carbocycles. The second-order valence-corrected chi connectivity index (χ2v) is 4.25. The van der Waals surface area contributed by atoms with Crippen LogP contribution in [0.25, 0.3) is 0 Å². The molecule has 2 heterocycles. The standard InChI is InChI=1S/C14H16N2O3/c17-7-2-1-3-11-4-6-15-13(9-11)16-14(18)12-5-8-19-10-12/h4,6,9,12,17H,2,5,7-8,10H2,(H,15,16,18). The quantitative estimate of drug-likeness (QED) is 0.788. The van der Waals surface area contributed by atoms with Crippen LogP contribution in [-0.2, 0) is 9.53 Å². The van der Waals surface area contributed by atoms with Crippen LogP contribution in [0.5, 0.6) is 0 Å². The third-order valence-electron chi connectivity index (χ3n) is 2.78. The van der Waals surface area contributed by atoms with Crippen molar-refractivity contribution in [3.63, 3.8) is 0 Å². The summed E-state index contributed by atoms with van der Waals surface area (Å²) in [6, 6.07) is 3.48. The van der Waals surface area contributed by atoms with Gasteiger partial charge in [-0.3, -0.25) is 4.79 Å². The van der Waals surface area contributed by atoms with Crippen LogP contribution in [0.15, 0.2) is 18.3 Å². The summed E-state index contributed by atoms with van der Waals surface area (Å²) in [5, 5.41) is 11.4. The Morgan fingerprint density at radius 2 is 2.53 bits per heavy atom. The molecule has 2 N–H and O–H groups in total. The van der Waals surface area contributed by atoms with E-state index < -0.39 is 0 Å². The number of carbonyl (C=O) groups excluding carboxylic acids is 1. The van der Waals surface area contributed by atoms with Gasteiger partial charge in [0.1, 0.15) is 5.82 Å². The van der Waals surface area contributed by atoms with E-state index in [1.54, 1.807) is 18.3 Å². The highest BCUT2D eigenvalue weighted by atomic mass is 16.5. The number of aromatic nitrogens is 1. The van der Waals surface area contributed by atoms with Gasteiger partial charge in [-0.05, 0) is 18.6 Å². The molecule has 1 atom stereocenters. The number of nitrogens with zero attached hydrogens (tertiary/aromatic N) is 1. The highest BCUT2D eigenvalue weighted by Crippen LogP contribution is 2.15. The number of anilines is 1. The summed E-state index contributed by atoms with van der Waals surface area (Å²) in [5.41, 5.74) is 0.765. The summed E-state index contributed by atoms with van der Waals surface area (Å²) < 4.78 is 5.18. The van der Waals surface area contributed by atoms with E-state index in [-0.39, 0.29) is 18.4 Å². The van der Waals surface area contributed by atoms with E-state index in [0.717, 1.165) is 12.0 Å². The van der Waals surface area contributed by atoms with Crippen molar-refractivity contribution in [3.8, 4) is 11.8 Å². The van der Waals surface area contributed by atoms with Crippen LogP contribution in [0.4, 0.5) is 5.82 Å². The Morgan fingerprint density at radius 1 is 1.63 bits per heavy atom. The average molecular weight is 260 g/mol. The Labute approximate surface area is 112 Å². The van der Waals surface area contributed by atoms with Crippen molar-refractivity contribution >= 4 is 11.7 Å². The van der Waals surface area contributed by atoms with Crippen molar-refractivity contribution in [1.82, 2.24) is 4.98 Å². The molecule has 0 saturated carbocycles. The van der Waals surface area contributed by atoms with E-state index in [0.29, 0.717) is 25.5 Å². The summed E-state index contributed by atoms with van der Waals surface area (Å²) in [7, 11) is 0. The van der Waals surface area contributed by atoms with Crippen molar-refractivity contribution < 1.29 is 14.6 Å². The first-order valence-corrected chi connectivity index (χ1v) is 6.24. The van der Waals surface area contributed by atoms with Gasteiger partial charge in [0.05, 0.1) is 19.1 Å². The molecule has 5 heteroatoms. The number of pyridine rings is 1. The van der Waals surface area contributed by atoms with Crippen molar-refractivity contribution in [1.29, 1.82) is 0 Å². The topological polar surface area (TPSA) is 71.5 Å². The van der Waals surface area contributed by atoms with Crippen LogP contribution in [0.2, 0.25) is 0 Å². The van der Waals surface area contributed by atoms with E-state index in [1.165, 1.54) is 0 Å². The summed E-state index contributed by atoms with van der Waals surface area (Å²) in [6.45, 7) is 1.16. The van der Waals surface area contributed by atoms with Gasteiger partial charge in [0.2, 0.25) is 5.91 Å². The third-order valence-corrected chi connectivity index (χ3v) is 2.78. The molecule has 0 radical (unpaired) electrons. The fraction of sp³-hybridized carbons (Fsp3) is 0.429. The summed E-state index contributed by atoms with van der Waals surface area (Å²) in [4.78, 5) is 16.0. The van der Waals surface area contributed by atoms with Gasteiger partial charge in [-0.2, -0.15) is 0 Å². The van der Waals surface area contributed by atoms with Gasteiger partial charge in [0, 0.05) is 24.8 Å². The third kappa shape index (κ3) is 4.05. The Bertz CT molecular complexity index is 499. The van der Waals surface area contributed by atoms with Gasteiger partial charge < -0.3 is 15.2 Å². The molecule has 100 valence electrons. The van der Waals surface area contributed by atoms with Gasteiger partial charge in [-0.15, -0.1) is 0 Å². The number of carbonyl (C=O) groups is 1. The van der Waals surface area contributed by atoms with Crippen molar-refractivity contribution in [2.24, 2.45) is 5.92 Å². The van der Waals surface area contributed by atoms with Crippen LogP contribution in [0, 0.1) is 17.8 Å². The number of hydrogen-bond acceptors (Lipinski definition) is 4. The number of aliphatic hydroxyl groups is 1. The van der Waals surface area contributed by atoms with Crippen molar-refractivity contribution in [3.05, 3.63) is 23.9 Å². The molecular formula is C14H16N2O3. The van der Waals surface area contributed by atoms with E-state index in [9.17, 15) is 4.79 Å². The van der Waals surface area contributed by atoms with Gasteiger partial charge in [0.15, 0.2) is 0 Å². The Kier molecular flexibility index (Phi) is 4.90. The highest BCUT2D eigenvalue weighted by Gasteiger charge is 2.23. The minimum Gasteiger partial charge on any atom is -0.395 e. The van der Waals surface area contributed by atoms with Gasteiger partial charge in [0.25, 0.3) is 0 Å². The largest absolute Gasteiger partial charge is 0.395 e. The summed E-state index contributed by atoms with van der Waals surface area (Å²) in [5.74, 6) is 6.07. The predicted molar refractivity (Wildman–Crippen MR) is 70.4 cm³/mol. The lowest BCUT2D eigenvalue weighted by Crippen LogP contribution is -2.23. The molecule has 19 heavy (non-hydrogen) atoms. The molecule has 5 nitrogen and oxygen atoms in total. The maximum absolute atomic E-state index is 11.9. The van der Waals surface area contributed by atoms with Crippen LogP contribution < -0.4 is 5.32 Å². The number of aliphatic hydroxyl groups excluding tert-OH is 1. The molecule has 1 unspecified atom stereocenters. The first kappa shape index (κ1) is 13.5.